The number of pyridine rings is 7. The molecule has 0 bridgehead atoms. The fourth-order valence-electron chi connectivity index (χ4n) is 9.53. The number of aliphatic hydroxyl groups excluding tert-OH is 1. The zero-order valence-electron chi connectivity index (χ0n) is 60.5. The number of phenols is 1. The fourth-order valence-corrected chi connectivity index (χ4v) is 9.53. The molecule has 109 heavy (non-hydrogen) atoms. The molecule has 5 radical (unpaired) electrons. The number of aromatic nitrogens is 7. The Bertz CT molecular complexity index is 4680. The number of carbonyl (C=O) groups is 1. The predicted molar refractivity (Wildman–Crippen MR) is 418 cm³/mol. The molecule has 7 aromatic heterocycles. The van der Waals surface area contributed by atoms with Crippen molar-refractivity contribution in [2.75, 3.05) is 0 Å². The average Bonchev–Trinajstić information content (AvgIpc) is 0.847. The Kier molecular flexibility index (Phi) is 48.5. The molecular formula is C93H79Ir5N7O3Pt-6. The van der Waals surface area contributed by atoms with E-state index in [9.17, 15) is 9.90 Å². The van der Waals surface area contributed by atoms with Crippen LogP contribution in [0.15, 0.2) is 359 Å². The zero-order valence-corrected chi connectivity index (χ0v) is 74.7. The summed E-state index contributed by atoms with van der Waals surface area (Å²) in [5.41, 5.74) is 19.7. The van der Waals surface area contributed by atoms with E-state index in [0.717, 1.165) is 89.9 Å². The van der Waals surface area contributed by atoms with Crippen LogP contribution in [0.5, 0.6) is 5.75 Å². The molecular weight excluding hydrogens is 2420 g/mol. The van der Waals surface area contributed by atoms with Gasteiger partial charge in [0.25, 0.3) is 0 Å². The van der Waals surface area contributed by atoms with Crippen molar-refractivity contribution in [2.24, 2.45) is 0 Å². The number of nitrogens with zero attached hydrogens (tertiary/aromatic N) is 7. The summed E-state index contributed by atoms with van der Waals surface area (Å²) < 4.78 is 0. The molecule has 0 aliphatic rings. The topological polar surface area (TPSA) is 148 Å². The van der Waals surface area contributed by atoms with Gasteiger partial charge in [0.05, 0.1) is 5.76 Å². The molecule has 15 aromatic rings. The van der Waals surface area contributed by atoms with Crippen molar-refractivity contribution >= 4 is 5.78 Å². The largest absolute Gasteiger partial charge is 0.512 e. The monoisotopic (exact) mass is 2500 g/mol. The molecule has 0 saturated heterocycles. The van der Waals surface area contributed by atoms with Gasteiger partial charge < -0.3 is 35.1 Å². The second-order valence-corrected chi connectivity index (χ2v) is 23.1. The third-order valence-corrected chi connectivity index (χ3v) is 14.6. The first-order valence-corrected chi connectivity index (χ1v) is 33.4. The number of hydrogen-bond donors (Lipinski definition) is 2. The summed E-state index contributed by atoms with van der Waals surface area (Å²) in [6.45, 7) is 11.3. The molecule has 0 aliphatic carbocycles. The molecule has 10 nitrogen and oxygen atoms in total. The second-order valence-electron chi connectivity index (χ2n) is 23.1. The minimum absolute atomic E-state index is 0. The quantitative estimate of drug-likeness (QED) is 0.0770. The maximum absolute atomic E-state index is 10.0. The molecule has 0 aliphatic heterocycles. The number of para-hydroxylation sites is 1. The number of aromatic hydroxyl groups is 1. The maximum Gasteiger partial charge on any atom is 0.155 e. The Morgan fingerprint density at radius 3 is 1.07 bits per heavy atom. The van der Waals surface area contributed by atoms with Gasteiger partial charge in [-0.25, -0.2) is 0 Å². The molecule has 2 N–H and O–H groups in total. The number of phenolic OH excluding ortho intramolecular Hbond substituents is 1. The van der Waals surface area contributed by atoms with Crippen molar-refractivity contribution in [2.45, 2.75) is 47.5 Å². The summed E-state index contributed by atoms with van der Waals surface area (Å²) in [5, 5.41) is 17.9. The van der Waals surface area contributed by atoms with Gasteiger partial charge >= 0.3 is 0 Å². The number of hydrogen-bond acceptors (Lipinski definition) is 10. The number of rotatable bonds is 10. The summed E-state index contributed by atoms with van der Waals surface area (Å²) in [5.74, 6) is 0.802. The standard InChI is InChI=1S/C16H11N2.C14H14N.2C12H10N.C12H10O.2C11H8N.C5H8O2.5Ir.Pt/c1-3-10-17-15(8-1)13-6-5-7-14(12-13)16-9-2-4-11-18-16;1-11(2)13-8-9-15-14(10-13)12-6-4-3-5-7-12;1-10-5-4-6-11(9-10)12-7-2-3-8-13-12;1-10-5-7-11(8-6-10)12-4-2-3-9-13-12;13-12-9-5-4-8-11(12)10-6-2-1-3-7-10;2*1-2-6-10(7-3-1)11-8-4-5-9-12-11;1-4(6)3-5(2)7;;;;;;/h1-11H;3-6,8-11H,1-2H3;2-5,7-9H,1H3;2-7,9H,1H3;1-9,13H;2*1-6,8-9H;3,6H,1-2H3;;;;;;/q4*-1;;2*-1;;;;;;;. The van der Waals surface area contributed by atoms with Crippen molar-refractivity contribution < 1.29 is 137 Å². The third kappa shape index (κ3) is 35.3. The van der Waals surface area contributed by atoms with Crippen LogP contribution in [0.2, 0.25) is 0 Å². The Hall–Kier alpha value is -9.24. The first kappa shape index (κ1) is 95.8. The van der Waals surface area contributed by atoms with Crippen LogP contribution in [-0.2, 0) is 126 Å². The van der Waals surface area contributed by atoms with Crippen LogP contribution in [0.3, 0.4) is 0 Å². The van der Waals surface area contributed by atoms with Gasteiger partial charge in [-0.1, -0.05) is 172 Å². The molecule has 0 unspecified atom stereocenters. The van der Waals surface area contributed by atoms with Crippen LogP contribution in [0, 0.1) is 50.2 Å². The van der Waals surface area contributed by atoms with Gasteiger partial charge in [0.15, 0.2) is 5.78 Å². The maximum atomic E-state index is 10.0. The van der Waals surface area contributed by atoms with E-state index in [-0.39, 0.29) is 133 Å². The van der Waals surface area contributed by atoms with E-state index in [4.69, 9.17) is 5.11 Å². The van der Waals surface area contributed by atoms with E-state index in [2.05, 4.69) is 123 Å². The molecule has 0 fully saturated rings. The summed E-state index contributed by atoms with van der Waals surface area (Å²) in [4.78, 5) is 40.0. The predicted octanol–water partition coefficient (Wildman–Crippen LogP) is 22.2. The number of carbonyl (C=O) groups excluding carboxylic acids is 1. The van der Waals surface area contributed by atoms with Crippen LogP contribution in [0.4, 0.5) is 0 Å². The Labute approximate surface area is 724 Å². The van der Waals surface area contributed by atoms with E-state index in [0.29, 0.717) is 11.7 Å². The van der Waals surface area contributed by atoms with Gasteiger partial charge in [-0.2, -0.15) is 0 Å². The van der Waals surface area contributed by atoms with Gasteiger partial charge in [-0.3, -0.25) is 14.8 Å². The van der Waals surface area contributed by atoms with Crippen molar-refractivity contribution in [1.82, 2.24) is 34.9 Å². The molecule has 565 valence electrons. The summed E-state index contributed by atoms with van der Waals surface area (Å²) in [6.07, 6.45) is 13.8. The number of ketones is 1. The second kappa shape index (κ2) is 55.2. The minimum Gasteiger partial charge on any atom is -0.512 e. The first-order chi connectivity index (χ1) is 50.4. The summed E-state index contributed by atoms with van der Waals surface area (Å²) in [7, 11) is 0. The molecule has 0 saturated carbocycles. The Balaban J connectivity index is 0.000000423. The van der Waals surface area contributed by atoms with Crippen molar-refractivity contribution in [3.63, 3.8) is 0 Å². The van der Waals surface area contributed by atoms with Gasteiger partial charge in [0.2, 0.25) is 0 Å². The molecule has 8 aromatic carbocycles. The molecule has 0 spiro atoms. The van der Waals surface area contributed by atoms with E-state index in [1.807, 2.05) is 279 Å². The van der Waals surface area contributed by atoms with Crippen LogP contribution in [0.25, 0.3) is 89.9 Å². The van der Waals surface area contributed by atoms with Gasteiger partial charge in [-0.05, 0) is 102 Å². The van der Waals surface area contributed by atoms with E-state index >= 15 is 0 Å². The molecule has 16 heteroatoms. The number of aryl methyl sites for hydroxylation is 2. The summed E-state index contributed by atoms with van der Waals surface area (Å²) >= 11 is 0. The van der Waals surface area contributed by atoms with Crippen LogP contribution >= 0.6 is 0 Å². The smallest absolute Gasteiger partial charge is 0.155 e. The zero-order chi connectivity index (χ0) is 72.5. The van der Waals surface area contributed by atoms with Crippen molar-refractivity contribution in [1.29, 1.82) is 0 Å². The molecule has 0 atom stereocenters. The Morgan fingerprint density at radius 1 is 0.349 bits per heavy atom. The van der Waals surface area contributed by atoms with E-state index in [1.54, 1.807) is 43.2 Å². The van der Waals surface area contributed by atoms with Gasteiger partial charge in [-0.15, -0.1) is 203 Å². The van der Waals surface area contributed by atoms with Crippen LogP contribution in [0.1, 0.15) is 50.3 Å². The van der Waals surface area contributed by atoms with Crippen molar-refractivity contribution in [3.8, 4) is 95.7 Å². The van der Waals surface area contributed by atoms with Gasteiger partial charge in [0.1, 0.15) is 5.75 Å². The fraction of sp³-hybridized carbons (Fsp3) is 0.0753. The normalized spacial score (nSPS) is 9.55. The minimum atomic E-state index is -0.125. The number of benzene rings is 8. The van der Waals surface area contributed by atoms with Crippen LogP contribution < -0.4 is 0 Å². The van der Waals surface area contributed by atoms with Crippen LogP contribution in [-0.4, -0.2) is 50.9 Å². The number of allylic oxidation sites excluding steroid dienone is 2. The van der Waals surface area contributed by atoms with E-state index in [1.165, 1.54) is 36.6 Å². The SMILES string of the molecule is CC(=O)C=C(C)O.CC(C)c1ccnc(-c2[c-]cccc2)c1.Cc1c[c-]c(-c2ccccn2)cc1.Cc1cc[c-]c(-c2ccccn2)c1.Oc1ccccc1-c1ccccc1.[Ir].[Ir].[Ir].[Ir].[Ir].[Pt].[c-]1c(-c2ccccn2)cccc1-c1ccccn1.[c-]1ccccc1-c1ccccn1.[c-]1ccccc1-c1ccccn1. The molecule has 15 rings (SSSR count). The first-order valence-electron chi connectivity index (χ1n) is 33.4. The van der Waals surface area contributed by atoms with Crippen molar-refractivity contribution in [3.05, 3.63) is 412 Å². The Morgan fingerprint density at radius 2 is 0.716 bits per heavy atom. The van der Waals surface area contributed by atoms with E-state index < -0.39 is 0 Å². The average molecular weight is 2500 g/mol. The summed E-state index contributed by atoms with van der Waals surface area (Å²) in [6, 6.07) is 118. The molecule has 0 amide bonds. The van der Waals surface area contributed by atoms with Gasteiger partial charge in [0, 0.05) is 188 Å². The number of aliphatic hydroxyl groups is 1. The third-order valence-electron chi connectivity index (χ3n) is 14.6. The molecule has 7 heterocycles.